The minimum Gasteiger partial charge on any atom is -0.462 e. The van der Waals surface area contributed by atoms with Crippen molar-refractivity contribution < 1.29 is 28.6 Å². The van der Waals surface area contributed by atoms with Crippen molar-refractivity contribution in [2.75, 3.05) is 13.2 Å². The van der Waals surface area contributed by atoms with Crippen LogP contribution in [0.1, 0.15) is 252 Å². The van der Waals surface area contributed by atoms with E-state index in [1.165, 1.54) is 51.4 Å². The lowest BCUT2D eigenvalue weighted by Crippen LogP contribution is -2.30. The monoisotopic (exact) mass is 1060 g/mol. The second kappa shape index (κ2) is 63.6. The van der Waals surface area contributed by atoms with Crippen molar-refractivity contribution in [1.82, 2.24) is 0 Å². The van der Waals surface area contributed by atoms with Crippen LogP contribution < -0.4 is 0 Å². The van der Waals surface area contributed by atoms with Gasteiger partial charge in [-0.3, -0.25) is 14.4 Å². The van der Waals surface area contributed by atoms with Crippen LogP contribution in [0.2, 0.25) is 0 Å². The van der Waals surface area contributed by atoms with Gasteiger partial charge in [-0.2, -0.15) is 0 Å². The first-order valence-corrected chi connectivity index (χ1v) is 31.0. The third-order valence-corrected chi connectivity index (χ3v) is 12.5. The van der Waals surface area contributed by atoms with Crippen LogP contribution in [-0.2, 0) is 28.6 Å². The van der Waals surface area contributed by atoms with Crippen LogP contribution >= 0.6 is 0 Å². The molecule has 0 saturated carbocycles. The summed E-state index contributed by atoms with van der Waals surface area (Å²) in [4.78, 5) is 38.1. The molecule has 0 aromatic rings. The highest BCUT2D eigenvalue weighted by Crippen LogP contribution is 2.14. The first-order chi connectivity index (χ1) is 38.0. The molecular formula is C71H112O6. The van der Waals surface area contributed by atoms with Gasteiger partial charge in [-0.25, -0.2) is 0 Å². The Bertz CT molecular complexity index is 1740. The second-order valence-electron chi connectivity index (χ2n) is 19.9. The molecule has 6 heteroatoms. The summed E-state index contributed by atoms with van der Waals surface area (Å²) in [6, 6.07) is 0. The average Bonchev–Trinajstić information content (AvgIpc) is 3.43. The van der Waals surface area contributed by atoms with Crippen molar-refractivity contribution in [3.05, 3.63) is 158 Å². The molecule has 0 bridgehead atoms. The number of ether oxygens (including phenoxy) is 3. The van der Waals surface area contributed by atoms with E-state index in [9.17, 15) is 14.4 Å². The Labute approximate surface area is 473 Å². The van der Waals surface area contributed by atoms with Crippen LogP contribution in [0.3, 0.4) is 0 Å². The highest BCUT2D eigenvalue weighted by molar-refractivity contribution is 5.71. The molecule has 0 heterocycles. The minimum absolute atomic E-state index is 0.0976. The number of rotatable bonds is 54. The molecule has 1 atom stereocenters. The number of allylic oxidation sites excluding steroid dienone is 26. The molecule has 1 unspecified atom stereocenters. The SMILES string of the molecule is CC/C=C\C/C=C\C/C=C\C/C=C\C/C=C\C/C=C\C/C=C\CCCCCCCCCC(=O)OCC(COC(=O)CCCCCCCCC)OC(=O)CCCCCC/C=C\C/C=C\C/C=C\C/C=C\C/C=C\C/C=C\CC. The van der Waals surface area contributed by atoms with Gasteiger partial charge in [0.2, 0.25) is 0 Å². The fourth-order valence-corrected chi connectivity index (χ4v) is 7.95. The predicted octanol–water partition coefficient (Wildman–Crippen LogP) is 21.3. The molecule has 0 amide bonds. The van der Waals surface area contributed by atoms with Gasteiger partial charge in [0.25, 0.3) is 0 Å². The molecule has 0 N–H and O–H groups in total. The Balaban J connectivity index is 4.28. The van der Waals surface area contributed by atoms with Gasteiger partial charge in [-0.15, -0.1) is 0 Å². The lowest BCUT2D eigenvalue weighted by Gasteiger charge is -2.18. The summed E-state index contributed by atoms with van der Waals surface area (Å²) < 4.78 is 16.8. The third kappa shape index (κ3) is 61.8. The number of hydrogen-bond acceptors (Lipinski definition) is 6. The number of hydrogen-bond donors (Lipinski definition) is 0. The van der Waals surface area contributed by atoms with E-state index < -0.39 is 6.10 Å². The van der Waals surface area contributed by atoms with Crippen LogP contribution in [-0.4, -0.2) is 37.2 Å². The van der Waals surface area contributed by atoms with Gasteiger partial charge in [0.15, 0.2) is 6.10 Å². The zero-order chi connectivity index (χ0) is 55.7. The van der Waals surface area contributed by atoms with E-state index in [1.54, 1.807) is 0 Å². The quantitative estimate of drug-likeness (QED) is 0.0261. The highest BCUT2D eigenvalue weighted by atomic mass is 16.6. The summed E-state index contributed by atoms with van der Waals surface area (Å²) in [5.74, 6) is -0.947. The summed E-state index contributed by atoms with van der Waals surface area (Å²) in [5, 5.41) is 0. The Morgan fingerprint density at radius 2 is 0.506 bits per heavy atom. The molecule has 0 aliphatic heterocycles. The maximum atomic E-state index is 12.8. The normalized spacial score (nSPS) is 13.2. The van der Waals surface area contributed by atoms with Crippen molar-refractivity contribution in [2.24, 2.45) is 0 Å². The van der Waals surface area contributed by atoms with E-state index in [0.29, 0.717) is 12.8 Å². The predicted molar refractivity (Wildman–Crippen MR) is 334 cm³/mol. The van der Waals surface area contributed by atoms with Gasteiger partial charge in [-0.05, 0) is 128 Å². The van der Waals surface area contributed by atoms with Crippen LogP contribution in [0, 0.1) is 0 Å². The van der Waals surface area contributed by atoms with E-state index in [0.717, 1.165) is 161 Å². The van der Waals surface area contributed by atoms with Gasteiger partial charge >= 0.3 is 17.9 Å². The first-order valence-electron chi connectivity index (χ1n) is 31.0. The lowest BCUT2D eigenvalue weighted by molar-refractivity contribution is -0.167. The lowest BCUT2D eigenvalue weighted by atomic mass is 10.1. The summed E-state index contributed by atoms with van der Waals surface area (Å²) >= 11 is 0. The van der Waals surface area contributed by atoms with Crippen LogP contribution in [0.4, 0.5) is 0 Å². The second-order valence-corrected chi connectivity index (χ2v) is 19.9. The van der Waals surface area contributed by atoms with E-state index in [1.807, 2.05) is 0 Å². The van der Waals surface area contributed by atoms with Gasteiger partial charge in [0, 0.05) is 19.3 Å². The average molecular weight is 1060 g/mol. The van der Waals surface area contributed by atoms with Crippen LogP contribution in [0.15, 0.2) is 158 Å². The molecule has 0 rings (SSSR count). The van der Waals surface area contributed by atoms with Crippen molar-refractivity contribution >= 4 is 17.9 Å². The molecular weight excluding hydrogens is 949 g/mol. The number of unbranched alkanes of at least 4 members (excludes halogenated alkanes) is 17. The van der Waals surface area contributed by atoms with E-state index >= 15 is 0 Å². The third-order valence-electron chi connectivity index (χ3n) is 12.5. The van der Waals surface area contributed by atoms with Crippen LogP contribution in [0.5, 0.6) is 0 Å². The van der Waals surface area contributed by atoms with Gasteiger partial charge in [-0.1, -0.05) is 262 Å². The Morgan fingerprint density at radius 1 is 0.273 bits per heavy atom. The van der Waals surface area contributed by atoms with Crippen molar-refractivity contribution in [2.45, 2.75) is 258 Å². The molecule has 77 heavy (non-hydrogen) atoms. The van der Waals surface area contributed by atoms with E-state index in [-0.39, 0.29) is 37.5 Å². The zero-order valence-corrected chi connectivity index (χ0v) is 49.4. The van der Waals surface area contributed by atoms with E-state index in [4.69, 9.17) is 14.2 Å². The summed E-state index contributed by atoms with van der Waals surface area (Å²) in [6.07, 6.45) is 92.6. The molecule has 0 aliphatic carbocycles. The molecule has 0 aliphatic rings. The minimum atomic E-state index is -0.802. The molecule has 0 aromatic carbocycles. The van der Waals surface area contributed by atoms with Crippen molar-refractivity contribution in [3.8, 4) is 0 Å². The number of carbonyl (C=O) groups excluding carboxylic acids is 3. The largest absolute Gasteiger partial charge is 0.462 e. The molecule has 0 aromatic heterocycles. The molecule has 0 radical (unpaired) electrons. The number of esters is 3. The smallest absolute Gasteiger partial charge is 0.306 e. The Kier molecular flexibility index (Phi) is 59.5. The van der Waals surface area contributed by atoms with Gasteiger partial charge < -0.3 is 14.2 Å². The van der Waals surface area contributed by atoms with E-state index in [2.05, 4.69) is 179 Å². The standard InChI is InChI=1S/C71H112O6/c1-4-7-10-13-16-18-20-22-24-26-28-30-32-33-34-35-36-37-39-40-42-44-46-48-50-52-55-58-61-64-70(73)76-67-68(66-75-69(72)63-60-57-54-15-12-9-6-3)77-71(74)65-62-59-56-53-51-49-47-45-43-41-38-31-29-27-25-23-21-19-17-14-11-8-5-2/h7-8,10-11,16-19,22-25,28-31,33-34,36-37,40-43,47,49,68H,4-6,9,12-15,20-21,26-27,32,35,38-39,44-46,48,50-67H2,1-3H3/b10-7-,11-8-,18-16-,19-17-,24-22-,25-23-,30-28-,31-29-,34-33-,37-36-,42-40-,43-41-,49-47-. The maximum absolute atomic E-state index is 12.8. The summed E-state index contributed by atoms with van der Waals surface area (Å²) in [6.45, 7) is 6.33. The fraction of sp³-hybridized carbons (Fsp3) is 0.592. The number of carbonyl (C=O) groups is 3. The molecule has 0 fully saturated rings. The summed E-state index contributed by atoms with van der Waals surface area (Å²) in [5.41, 5.74) is 0. The van der Waals surface area contributed by atoms with Gasteiger partial charge in [0.1, 0.15) is 13.2 Å². The van der Waals surface area contributed by atoms with Crippen molar-refractivity contribution in [3.63, 3.8) is 0 Å². The molecule has 0 saturated heterocycles. The first kappa shape index (κ1) is 72.0. The Hall–Kier alpha value is -4.97. The topological polar surface area (TPSA) is 78.9 Å². The van der Waals surface area contributed by atoms with Gasteiger partial charge in [0.05, 0.1) is 0 Å². The zero-order valence-electron chi connectivity index (χ0n) is 49.4. The fourth-order valence-electron chi connectivity index (χ4n) is 7.95. The van der Waals surface area contributed by atoms with Crippen LogP contribution in [0.25, 0.3) is 0 Å². The molecule has 6 nitrogen and oxygen atoms in total. The maximum Gasteiger partial charge on any atom is 0.306 e. The molecule has 0 spiro atoms. The van der Waals surface area contributed by atoms with Crippen molar-refractivity contribution in [1.29, 1.82) is 0 Å². The molecule has 432 valence electrons. The Morgan fingerprint density at radius 3 is 0.792 bits per heavy atom. The highest BCUT2D eigenvalue weighted by Gasteiger charge is 2.19. The summed E-state index contributed by atoms with van der Waals surface area (Å²) in [7, 11) is 0.